The summed E-state index contributed by atoms with van der Waals surface area (Å²) in [6.07, 6.45) is 1.56. The minimum absolute atomic E-state index is 0.107. The summed E-state index contributed by atoms with van der Waals surface area (Å²) in [6.45, 7) is 1.68. The molecule has 5 rings (SSSR count). The van der Waals surface area contributed by atoms with E-state index in [1.54, 1.807) is 17.7 Å². The van der Waals surface area contributed by atoms with E-state index in [1.807, 2.05) is 18.2 Å². The van der Waals surface area contributed by atoms with Gasteiger partial charge < -0.3 is 4.90 Å². The van der Waals surface area contributed by atoms with Crippen LogP contribution in [0.5, 0.6) is 0 Å². The topological polar surface area (TPSA) is 66.4 Å². The van der Waals surface area contributed by atoms with Crippen molar-refractivity contribution in [1.29, 1.82) is 0 Å². The van der Waals surface area contributed by atoms with Crippen molar-refractivity contribution in [3.63, 3.8) is 0 Å². The van der Waals surface area contributed by atoms with Crippen LogP contribution in [0.1, 0.15) is 0 Å². The lowest BCUT2D eigenvalue weighted by Crippen LogP contribution is -2.49. The summed E-state index contributed by atoms with van der Waals surface area (Å²) < 4.78 is 40.5. The number of halogens is 1. The van der Waals surface area contributed by atoms with Crippen LogP contribution in [0.25, 0.3) is 21.3 Å². The summed E-state index contributed by atoms with van der Waals surface area (Å²) in [5, 5.41) is 3.08. The second-order valence-corrected chi connectivity index (χ2v) is 10.0. The van der Waals surface area contributed by atoms with Crippen molar-refractivity contribution >= 4 is 37.4 Å². The quantitative estimate of drug-likeness (QED) is 0.466. The van der Waals surface area contributed by atoms with Gasteiger partial charge in [-0.1, -0.05) is 30.3 Å². The van der Waals surface area contributed by atoms with Crippen molar-refractivity contribution in [2.24, 2.45) is 0 Å². The van der Waals surface area contributed by atoms with E-state index in [0.29, 0.717) is 26.2 Å². The highest BCUT2D eigenvalue weighted by Gasteiger charge is 2.30. The number of benzene rings is 2. The van der Waals surface area contributed by atoms with Crippen LogP contribution < -0.4 is 4.90 Å². The van der Waals surface area contributed by atoms with Gasteiger partial charge in [-0.05, 0) is 29.8 Å². The largest absolute Gasteiger partial charge is 0.353 e. The average molecular weight is 455 g/mol. The molecule has 1 aliphatic rings. The Morgan fingerprint density at radius 3 is 2.32 bits per heavy atom. The van der Waals surface area contributed by atoms with Crippen molar-refractivity contribution in [1.82, 2.24) is 14.3 Å². The standard InChI is InChI=1S/C22H19FN4O2S2/c23-17-6-8-18(9-7-17)31(28,29)27-12-10-26(11-13-27)21-20-19(16-4-2-1-3-5-16)14-30-22(20)25-15-24-21/h1-9,14-15H,10-13H2. The van der Waals surface area contributed by atoms with Crippen LogP contribution in [0.3, 0.4) is 0 Å². The number of sulfonamides is 1. The minimum atomic E-state index is -3.66. The molecule has 2 aromatic heterocycles. The zero-order chi connectivity index (χ0) is 21.4. The molecule has 9 heteroatoms. The van der Waals surface area contributed by atoms with Crippen molar-refractivity contribution in [3.05, 3.63) is 72.1 Å². The first-order valence-corrected chi connectivity index (χ1v) is 12.1. The molecule has 0 saturated carbocycles. The number of nitrogens with zero attached hydrogens (tertiary/aromatic N) is 4. The second kappa shape index (κ2) is 7.99. The molecule has 1 aliphatic heterocycles. The first-order chi connectivity index (χ1) is 15.0. The molecule has 2 aromatic carbocycles. The highest BCUT2D eigenvalue weighted by molar-refractivity contribution is 7.89. The molecule has 4 aromatic rings. The second-order valence-electron chi connectivity index (χ2n) is 7.24. The van der Waals surface area contributed by atoms with Crippen molar-refractivity contribution in [2.45, 2.75) is 4.90 Å². The van der Waals surface area contributed by atoms with Gasteiger partial charge in [0, 0.05) is 37.1 Å². The molecule has 0 N–H and O–H groups in total. The Morgan fingerprint density at radius 2 is 1.61 bits per heavy atom. The number of anilines is 1. The van der Waals surface area contributed by atoms with Gasteiger partial charge in [-0.3, -0.25) is 0 Å². The molecule has 0 spiro atoms. The Balaban J connectivity index is 1.42. The molecule has 0 atom stereocenters. The minimum Gasteiger partial charge on any atom is -0.353 e. The predicted molar refractivity (Wildman–Crippen MR) is 120 cm³/mol. The van der Waals surface area contributed by atoms with Gasteiger partial charge in [-0.15, -0.1) is 11.3 Å². The molecule has 0 unspecified atom stereocenters. The molecule has 0 amide bonds. The Labute approximate surface area is 183 Å². The SMILES string of the molecule is O=S(=O)(c1ccc(F)cc1)N1CCN(c2ncnc3scc(-c4ccccc4)c23)CC1. The van der Waals surface area contributed by atoms with Crippen LogP contribution in [0, 0.1) is 5.82 Å². The molecule has 31 heavy (non-hydrogen) atoms. The van der Waals surface area contributed by atoms with Gasteiger partial charge in [-0.2, -0.15) is 4.31 Å². The van der Waals surface area contributed by atoms with Gasteiger partial charge in [0.25, 0.3) is 0 Å². The Kier molecular flexibility index (Phi) is 5.17. The number of thiophene rings is 1. The van der Waals surface area contributed by atoms with E-state index < -0.39 is 15.8 Å². The average Bonchev–Trinajstić information content (AvgIpc) is 3.24. The number of hydrogen-bond acceptors (Lipinski definition) is 6. The first kappa shape index (κ1) is 20.0. The monoisotopic (exact) mass is 454 g/mol. The fourth-order valence-corrected chi connectivity index (χ4v) is 6.16. The highest BCUT2D eigenvalue weighted by Crippen LogP contribution is 2.38. The summed E-state index contributed by atoms with van der Waals surface area (Å²) in [6, 6.07) is 15.1. The third-order valence-electron chi connectivity index (χ3n) is 5.42. The molecule has 1 saturated heterocycles. The van der Waals surface area contributed by atoms with Gasteiger partial charge in [0.2, 0.25) is 10.0 Å². The lowest BCUT2D eigenvalue weighted by Gasteiger charge is -2.35. The van der Waals surface area contributed by atoms with E-state index in [9.17, 15) is 12.8 Å². The Bertz CT molecular complexity index is 1320. The van der Waals surface area contributed by atoms with Crippen molar-refractivity contribution in [2.75, 3.05) is 31.1 Å². The molecular formula is C22H19FN4O2S2. The number of piperazine rings is 1. The molecule has 3 heterocycles. The summed E-state index contributed by atoms with van der Waals surface area (Å²) in [7, 11) is -3.66. The summed E-state index contributed by atoms with van der Waals surface area (Å²) in [5.41, 5.74) is 2.18. The van der Waals surface area contributed by atoms with Crippen LogP contribution in [-0.2, 0) is 10.0 Å². The molecule has 0 radical (unpaired) electrons. The number of rotatable bonds is 4. The number of fused-ring (bicyclic) bond motifs is 1. The smallest absolute Gasteiger partial charge is 0.243 e. The molecule has 1 fully saturated rings. The lowest BCUT2D eigenvalue weighted by molar-refractivity contribution is 0.384. The van der Waals surface area contributed by atoms with Gasteiger partial charge >= 0.3 is 0 Å². The maximum Gasteiger partial charge on any atom is 0.243 e. The third kappa shape index (κ3) is 3.69. The van der Waals surface area contributed by atoms with Crippen molar-refractivity contribution in [3.8, 4) is 11.1 Å². The third-order valence-corrected chi connectivity index (χ3v) is 8.22. The van der Waals surface area contributed by atoms with Gasteiger partial charge in [0.05, 0.1) is 10.3 Å². The molecule has 158 valence electrons. The van der Waals surface area contributed by atoms with Crippen LogP contribution in [0.4, 0.5) is 10.2 Å². The van der Waals surface area contributed by atoms with Crippen LogP contribution in [0.2, 0.25) is 0 Å². The van der Waals surface area contributed by atoms with Crippen LogP contribution in [0.15, 0.2) is 71.2 Å². The number of hydrogen-bond donors (Lipinski definition) is 0. The fourth-order valence-electron chi connectivity index (χ4n) is 3.83. The Morgan fingerprint density at radius 1 is 0.903 bits per heavy atom. The van der Waals surface area contributed by atoms with Crippen molar-refractivity contribution < 1.29 is 12.8 Å². The van der Waals surface area contributed by atoms with E-state index in [0.717, 1.165) is 27.2 Å². The summed E-state index contributed by atoms with van der Waals surface area (Å²) in [4.78, 5) is 12.1. The predicted octanol–water partition coefficient (Wildman–Crippen LogP) is 4.01. The molecule has 0 aliphatic carbocycles. The zero-order valence-electron chi connectivity index (χ0n) is 16.5. The van der Waals surface area contributed by atoms with Gasteiger partial charge in [0.15, 0.2) is 0 Å². The fraction of sp³-hybridized carbons (Fsp3) is 0.182. The zero-order valence-corrected chi connectivity index (χ0v) is 18.1. The van der Waals surface area contributed by atoms with Crippen LogP contribution >= 0.6 is 11.3 Å². The van der Waals surface area contributed by atoms with E-state index in [4.69, 9.17) is 0 Å². The summed E-state index contributed by atoms with van der Waals surface area (Å²) in [5.74, 6) is 0.366. The van der Waals surface area contributed by atoms with Crippen LogP contribution in [-0.4, -0.2) is 48.9 Å². The van der Waals surface area contributed by atoms with Gasteiger partial charge in [0.1, 0.15) is 22.8 Å². The normalized spacial score (nSPS) is 15.5. The van der Waals surface area contributed by atoms with Gasteiger partial charge in [-0.25, -0.2) is 22.8 Å². The summed E-state index contributed by atoms with van der Waals surface area (Å²) >= 11 is 1.58. The molecule has 6 nitrogen and oxygen atoms in total. The maximum atomic E-state index is 13.2. The molecule has 0 bridgehead atoms. The molecular weight excluding hydrogens is 435 g/mol. The lowest BCUT2D eigenvalue weighted by atomic mass is 10.1. The highest BCUT2D eigenvalue weighted by atomic mass is 32.2. The first-order valence-electron chi connectivity index (χ1n) is 9.82. The number of aromatic nitrogens is 2. The maximum absolute atomic E-state index is 13.2. The van der Waals surface area contributed by atoms with E-state index in [2.05, 4.69) is 32.4 Å². The van der Waals surface area contributed by atoms with E-state index >= 15 is 0 Å². The van der Waals surface area contributed by atoms with E-state index in [1.165, 1.54) is 28.6 Å². The Hall–Kier alpha value is -2.88. The van der Waals surface area contributed by atoms with E-state index in [-0.39, 0.29) is 4.90 Å².